The fourth-order valence-electron chi connectivity index (χ4n) is 3.76. The second kappa shape index (κ2) is 6.74. The van der Waals surface area contributed by atoms with E-state index in [0.717, 1.165) is 63.0 Å². The van der Waals surface area contributed by atoms with Crippen LogP contribution in [0.15, 0.2) is 24.0 Å². The number of piperidine rings is 1. The first-order valence-corrected chi connectivity index (χ1v) is 9.39. The largest absolute Gasteiger partial charge is 0.370 e. The normalized spacial score (nSPS) is 25.3. The van der Waals surface area contributed by atoms with E-state index in [9.17, 15) is 0 Å². The highest BCUT2D eigenvalue weighted by Crippen LogP contribution is 2.31. The van der Waals surface area contributed by atoms with E-state index >= 15 is 0 Å². The molecule has 128 valence electrons. The molecule has 24 heavy (non-hydrogen) atoms. The van der Waals surface area contributed by atoms with Crippen LogP contribution in [0, 0.1) is 6.92 Å². The van der Waals surface area contributed by atoms with Crippen molar-refractivity contribution in [3.05, 3.63) is 34.7 Å². The van der Waals surface area contributed by atoms with E-state index in [1.54, 1.807) is 23.7 Å². The van der Waals surface area contributed by atoms with Gasteiger partial charge in [0, 0.05) is 50.5 Å². The van der Waals surface area contributed by atoms with Gasteiger partial charge in [-0.3, -0.25) is 9.88 Å². The first-order valence-electron chi connectivity index (χ1n) is 8.51. The van der Waals surface area contributed by atoms with Crippen LogP contribution in [-0.2, 0) is 11.3 Å². The maximum atomic E-state index is 6.28. The zero-order valence-electron chi connectivity index (χ0n) is 14.0. The predicted octanol–water partition coefficient (Wildman–Crippen LogP) is 2.11. The molecule has 2 aliphatic rings. The molecule has 1 atom stereocenters. The van der Waals surface area contributed by atoms with Crippen LogP contribution in [0.25, 0.3) is 0 Å². The van der Waals surface area contributed by atoms with Crippen molar-refractivity contribution in [3.63, 3.8) is 0 Å². The van der Waals surface area contributed by atoms with Gasteiger partial charge in [-0.05, 0) is 19.8 Å². The molecule has 0 unspecified atom stereocenters. The third-order valence-corrected chi connectivity index (χ3v) is 5.62. The van der Waals surface area contributed by atoms with Gasteiger partial charge in [-0.25, -0.2) is 9.97 Å². The molecule has 0 radical (unpaired) electrons. The van der Waals surface area contributed by atoms with Crippen LogP contribution >= 0.6 is 11.3 Å². The van der Waals surface area contributed by atoms with E-state index in [1.165, 1.54) is 5.69 Å². The Kier molecular flexibility index (Phi) is 4.47. The highest BCUT2D eigenvalue weighted by atomic mass is 32.1. The van der Waals surface area contributed by atoms with E-state index in [2.05, 4.69) is 37.1 Å². The van der Waals surface area contributed by atoms with E-state index in [1.807, 2.05) is 6.20 Å². The van der Waals surface area contributed by atoms with Crippen molar-refractivity contribution >= 4 is 17.2 Å². The van der Waals surface area contributed by atoms with E-state index < -0.39 is 0 Å². The van der Waals surface area contributed by atoms with Gasteiger partial charge in [0.05, 0.1) is 29.1 Å². The minimum absolute atomic E-state index is 0.0981. The lowest BCUT2D eigenvalue weighted by Gasteiger charge is -2.48. The molecule has 1 spiro atoms. The van der Waals surface area contributed by atoms with Gasteiger partial charge in [0.1, 0.15) is 5.82 Å². The number of rotatable bonds is 3. The highest BCUT2D eigenvalue weighted by Gasteiger charge is 2.41. The zero-order chi connectivity index (χ0) is 16.4. The molecule has 2 aromatic rings. The van der Waals surface area contributed by atoms with Crippen molar-refractivity contribution in [1.82, 2.24) is 19.9 Å². The van der Waals surface area contributed by atoms with Crippen LogP contribution < -0.4 is 4.90 Å². The van der Waals surface area contributed by atoms with Gasteiger partial charge in [0.2, 0.25) is 0 Å². The van der Waals surface area contributed by atoms with Crippen LogP contribution in [0.4, 0.5) is 5.82 Å². The maximum absolute atomic E-state index is 6.28. The fraction of sp³-hybridized carbons (Fsp3) is 0.588. The summed E-state index contributed by atoms with van der Waals surface area (Å²) >= 11 is 1.73. The second-order valence-electron chi connectivity index (χ2n) is 6.69. The van der Waals surface area contributed by atoms with Crippen molar-refractivity contribution in [1.29, 1.82) is 0 Å². The van der Waals surface area contributed by atoms with Crippen LogP contribution in [0.3, 0.4) is 0 Å². The monoisotopic (exact) mass is 345 g/mol. The summed E-state index contributed by atoms with van der Waals surface area (Å²) in [5.74, 6) is 0.951. The number of hydrogen-bond acceptors (Lipinski definition) is 7. The van der Waals surface area contributed by atoms with Crippen LogP contribution in [0.2, 0.25) is 0 Å². The first kappa shape index (κ1) is 15.9. The van der Waals surface area contributed by atoms with E-state index in [4.69, 9.17) is 4.74 Å². The molecule has 2 fully saturated rings. The number of thiazole rings is 1. The van der Waals surface area contributed by atoms with Gasteiger partial charge in [0.25, 0.3) is 0 Å². The van der Waals surface area contributed by atoms with Gasteiger partial charge in [-0.15, -0.1) is 11.3 Å². The molecule has 6 nitrogen and oxygen atoms in total. The molecule has 0 bridgehead atoms. The van der Waals surface area contributed by atoms with Crippen LogP contribution in [-0.4, -0.2) is 58.2 Å². The Morgan fingerprint density at radius 3 is 3.04 bits per heavy atom. The summed E-state index contributed by atoms with van der Waals surface area (Å²) in [6.07, 6.45) is 7.56. The number of nitrogens with zero attached hydrogens (tertiary/aromatic N) is 5. The summed E-state index contributed by atoms with van der Waals surface area (Å²) in [6.45, 7) is 7.62. The Morgan fingerprint density at radius 2 is 2.25 bits per heavy atom. The number of ether oxygens (including phenoxy) is 1. The van der Waals surface area contributed by atoms with E-state index in [-0.39, 0.29) is 5.60 Å². The highest BCUT2D eigenvalue weighted by molar-refractivity contribution is 7.09. The first-order chi connectivity index (χ1) is 11.7. The second-order valence-corrected chi connectivity index (χ2v) is 7.75. The minimum atomic E-state index is -0.0981. The van der Waals surface area contributed by atoms with Gasteiger partial charge >= 0.3 is 0 Å². The molecule has 4 rings (SSSR count). The third kappa shape index (κ3) is 3.43. The molecule has 0 aromatic carbocycles. The number of aromatic nitrogens is 3. The van der Waals surface area contributed by atoms with Gasteiger partial charge in [0.15, 0.2) is 0 Å². The molecule has 0 saturated carbocycles. The molecule has 0 N–H and O–H groups in total. The molecular weight excluding hydrogens is 322 g/mol. The van der Waals surface area contributed by atoms with Gasteiger partial charge in [-0.1, -0.05) is 0 Å². The molecule has 0 amide bonds. The smallest absolute Gasteiger partial charge is 0.147 e. The average Bonchev–Trinajstić information content (AvgIpc) is 3.01. The summed E-state index contributed by atoms with van der Waals surface area (Å²) in [5.41, 5.74) is 1.08. The summed E-state index contributed by atoms with van der Waals surface area (Å²) in [6, 6.07) is 0. The lowest BCUT2D eigenvalue weighted by molar-refractivity contribution is -0.116. The Hall–Kier alpha value is -1.57. The Bertz CT molecular complexity index is 675. The predicted molar refractivity (Wildman–Crippen MR) is 94.3 cm³/mol. The standard InChI is InChI=1S/C17H23N5OS/c1-14-20-15(11-24-14)10-21-7-8-23-17(12-21)3-2-6-22(13-17)16-9-18-4-5-19-16/h4-5,9,11H,2-3,6-8,10,12-13H2,1H3/t17-/m1/s1. The van der Waals surface area contributed by atoms with E-state index in [0.29, 0.717) is 0 Å². The lowest BCUT2D eigenvalue weighted by Crippen LogP contribution is -2.59. The van der Waals surface area contributed by atoms with Gasteiger partial charge in [-0.2, -0.15) is 0 Å². The van der Waals surface area contributed by atoms with Crippen LogP contribution in [0.1, 0.15) is 23.5 Å². The summed E-state index contributed by atoms with van der Waals surface area (Å²) < 4.78 is 6.28. The van der Waals surface area contributed by atoms with Crippen molar-refractivity contribution in [2.24, 2.45) is 0 Å². The minimum Gasteiger partial charge on any atom is -0.370 e. The van der Waals surface area contributed by atoms with Crippen molar-refractivity contribution < 1.29 is 4.74 Å². The lowest BCUT2D eigenvalue weighted by atomic mass is 9.90. The Labute approximate surface area is 146 Å². The summed E-state index contributed by atoms with van der Waals surface area (Å²) in [7, 11) is 0. The Balaban J connectivity index is 1.45. The number of aryl methyl sites for hydroxylation is 1. The molecule has 4 heterocycles. The van der Waals surface area contributed by atoms with Gasteiger partial charge < -0.3 is 9.64 Å². The van der Waals surface area contributed by atoms with Crippen molar-refractivity contribution in [2.45, 2.75) is 31.9 Å². The molecule has 2 aliphatic heterocycles. The quantitative estimate of drug-likeness (QED) is 0.849. The van der Waals surface area contributed by atoms with Crippen molar-refractivity contribution in [2.75, 3.05) is 37.7 Å². The fourth-order valence-corrected chi connectivity index (χ4v) is 4.37. The SMILES string of the molecule is Cc1nc(CN2CCO[C@]3(CCCN(c4cnccn4)C3)C2)cs1. The average molecular weight is 345 g/mol. The number of anilines is 1. The molecule has 7 heteroatoms. The maximum Gasteiger partial charge on any atom is 0.147 e. The third-order valence-electron chi connectivity index (χ3n) is 4.79. The zero-order valence-corrected chi connectivity index (χ0v) is 14.8. The molecule has 2 saturated heterocycles. The Morgan fingerprint density at radius 1 is 1.29 bits per heavy atom. The topological polar surface area (TPSA) is 54.4 Å². The molecular formula is C17H23N5OS. The number of morpholine rings is 1. The molecule has 0 aliphatic carbocycles. The summed E-state index contributed by atoms with van der Waals surface area (Å²) in [5, 5.41) is 3.31. The van der Waals surface area contributed by atoms with Crippen LogP contribution in [0.5, 0.6) is 0 Å². The number of hydrogen-bond donors (Lipinski definition) is 0. The van der Waals surface area contributed by atoms with Crippen molar-refractivity contribution in [3.8, 4) is 0 Å². The summed E-state index contributed by atoms with van der Waals surface area (Å²) in [4.78, 5) is 18.1. The molecule has 2 aromatic heterocycles.